The molecule has 3 rings (SSSR count). The van der Waals surface area contributed by atoms with Crippen molar-refractivity contribution in [1.82, 2.24) is 15.5 Å². The molecule has 2 fully saturated rings. The highest BCUT2D eigenvalue weighted by Crippen LogP contribution is 2.30. The first-order valence-electron chi connectivity index (χ1n) is 10.7. The maximum Gasteiger partial charge on any atom is 0.191 e. The molecule has 1 aromatic carbocycles. The minimum absolute atomic E-state index is 0. The third kappa shape index (κ3) is 7.78. The van der Waals surface area contributed by atoms with Crippen LogP contribution in [0.2, 0.25) is 0 Å². The number of hydrogen-bond donors (Lipinski definition) is 2. The highest BCUT2D eigenvalue weighted by molar-refractivity contribution is 14.0. The Hall–Kier alpha value is -1.02. The lowest BCUT2D eigenvalue weighted by molar-refractivity contribution is 0.297. The summed E-state index contributed by atoms with van der Waals surface area (Å²) < 4.78 is 6.01. The summed E-state index contributed by atoms with van der Waals surface area (Å²) in [5, 5.41) is 6.92. The second-order valence-corrected chi connectivity index (χ2v) is 7.89. The van der Waals surface area contributed by atoms with Crippen molar-refractivity contribution in [3.63, 3.8) is 0 Å². The number of guanidine groups is 1. The molecule has 6 heteroatoms. The van der Waals surface area contributed by atoms with Gasteiger partial charge < -0.3 is 20.3 Å². The van der Waals surface area contributed by atoms with E-state index in [0.29, 0.717) is 6.54 Å². The number of aliphatic imine (C=N–C) groups is 1. The number of nitrogens with one attached hydrogen (secondary N) is 2. The molecule has 2 aliphatic rings. The molecule has 1 saturated heterocycles. The van der Waals surface area contributed by atoms with Gasteiger partial charge in [-0.1, -0.05) is 25.1 Å². The lowest BCUT2D eigenvalue weighted by Crippen LogP contribution is -2.40. The van der Waals surface area contributed by atoms with Crippen molar-refractivity contribution in [2.45, 2.75) is 46.1 Å². The van der Waals surface area contributed by atoms with Gasteiger partial charge in [-0.2, -0.15) is 0 Å². The smallest absolute Gasteiger partial charge is 0.191 e. The van der Waals surface area contributed by atoms with Crippen LogP contribution in [0.5, 0.6) is 5.75 Å². The van der Waals surface area contributed by atoms with Crippen molar-refractivity contribution >= 4 is 29.9 Å². The van der Waals surface area contributed by atoms with Crippen LogP contribution in [0.4, 0.5) is 0 Å². The third-order valence-corrected chi connectivity index (χ3v) is 5.36. The van der Waals surface area contributed by atoms with Gasteiger partial charge in [0.1, 0.15) is 5.75 Å². The van der Waals surface area contributed by atoms with E-state index in [1.54, 1.807) is 0 Å². The predicted molar refractivity (Wildman–Crippen MR) is 128 cm³/mol. The van der Waals surface area contributed by atoms with Crippen LogP contribution in [0.25, 0.3) is 0 Å². The number of para-hydroxylation sites is 1. The highest BCUT2D eigenvalue weighted by Gasteiger charge is 2.23. The Morgan fingerprint density at radius 2 is 1.96 bits per heavy atom. The van der Waals surface area contributed by atoms with Crippen molar-refractivity contribution in [3.8, 4) is 5.75 Å². The molecule has 1 heterocycles. The molecule has 0 spiro atoms. The van der Waals surface area contributed by atoms with Gasteiger partial charge in [0.25, 0.3) is 0 Å². The SMILES string of the molecule is CCCN1CCC(CNC(=NCc2ccccc2OCC2CC2)NCC)C1.I. The second kappa shape index (κ2) is 12.5. The zero-order valence-corrected chi connectivity index (χ0v) is 19.8. The molecule has 28 heavy (non-hydrogen) atoms. The Morgan fingerprint density at radius 1 is 1.14 bits per heavy atom. The van der Waals surface area contributed by atoms with E-state index in [4.69, 9.17) is 9.73 Å². The van der Waals surface area contributed by atoms with Crippen LogP contribution < -0.4 is 15.4 Å². The molecule has 0 radical (unpaired) electrons. The molecule has 5 nitrogen and oxygen atoms in total. The Balaban J connectivity index is 0.00000280. The summed E-state index contributed by atoms with van der Waals surface area (Å²) in [5.74, 6) is 3.37. The monoisotopic (exact) mass is 500 g/mol. The molecule has 158 valence electrons. The molecule has 0 bridgehead atoms. The van der Waals surface area contributed by atoms with Crippen LogP contribution in [0.3, 0.4) is 0 Å². The topological polar surface area (TPSA) is 48.9 Å². The Bertz CT molecular complexity index is 606. The van der Waals surface area contributed by atoms with Gasteiger partial charge in [0.05, 0.1) is 13.2 Å². The van der Waals surface area contributed by atoms with E-state index < -0.39 is 0 Å². The maximum atomic E-state index is 6.01. The molecular weight excluding hydrogens is 463 g/mol. The zero-order chi connectivity index (χ0) is 18.9. The van der Waals surface area contributed by atoms with E-state index in [1.807, 2.05) is 6.07 Å². The van der Waals surface area contributed by atoms with Crippen LogP contribution in [0.15, 0.2) is 29.3 Å². The van der Waals surface area contributed by atoms with Crippen molar-refractivity contribution in [1.29, 1.82) is 0 Å². The molecule has 1 saturated carbocycles. The van der Waals surface area contributed by atoms with Crippen molar-refractivity contribution in [3.05, 3.63) is 29.8 Å². The summed E-state index contributed by atoms with van der Waals surface area (Å²) in [5.41, 5.74) is 1.16. The van der Waals surface area contributed by atoms with Gasteiger partial charge in [-0.05, 0) is 63.6 Å². The fraction of sp³-hybridized carbons (Fsp3) is 0.682. The van der Waals surface area contributed by atoms with Gasteiger partial charge >= 0.3 is 0 Å². The first-order chi connectivity index (χ1) is 13.3. The second-order valence-electron chi connectivity index (χ2n) is 7.89. The number of nitrogens with zero attached hydrogens (tertiary/aromatic N) is 2. The number of halogens is 1. The molecule has 0 amide bonds. The molecule has 1 aliphatic carbocycles. The fourth-order valence-corrected chi connectivity index (χ4v) is 3.61. The van der Waals surface area contributed by atoms with Gasteiger partial charge in [0.2, 0.25) is 0 Å². The van der Waals surface area contributed by atoms with Gasteiger partial charge in [0, 0.05) is 25.2 Å². The molecule has 1 unspecified atom stereocenters. The summed E-state index contributed by atoms with van der Waals surface area (Å²) in [4.78, 5) is 7.38. The van der Waals surface area contributed by atoms with Crippen LogP contribution >= 0.6 is 24.0 Å². The molecule has 2 N–H and O–H groups in total. The first-order valence-corrected chi connectivity index (χ1v) is 10.7. The lowest BCUT2D eigenvalue weighted by atomic mass is 10.1. The number of benzene rings is 1. The van der Waals surface area contributed by atoms with E-state index in [0.717, 1.165) is 48.8 Å². The van der Waals surface area contributed by atoms with E-state index in [2.05, 4.69) is 47.6 Å². The van der Waals surface area contributed by atoms with Crippen molar-refractivity contribution in [2.24, 2.45) is 16.8 Å². The number of rotatable bonds is 10. The fourth-order valence-electron chi connectivity index (χ4n) is 3.61. The minimum atomic E-state index is 0. The molecule has 1 atom stereocenters. The quantitative estimate of drug-likeness (QED) is 0.291. The van der Waals surface area contributed by atoms with E-state index in [1.165, 1.54) is 45.3 Å². The van der Waals surface area contributed by atoms with Gasteiger partial charge in [-0.3, -0.25) is 0 Å². The number of hydrogen-bond acceptors (Lipinski definition) is 3. The average Bonchev–Trinajstić information content (AvgIpc) is 3.41. The largest absolute Gasteiger partial charge is 0.493 e. The molecular formula is C22H37IN4O. The summed E-state index contributed by atoms with van der Waals surface area (Å²) in [6.45, 7) is 11.4. The van der Waals surface area contributed by atoms with Gasteiger partial charge in [-0.15, -0.1) is 24.0 Å². The number of likely N-dealkylation sites (tertiary alicyclic amines) is 1. The van der Waals surface area contributed by atoms with Crippen LogP contribution in [0.1, 0.15) is 45.1 Å². The van der Waals surface area contributed by atoms with Crippen LogP contribution in [-0.4, -0.2) is 50.2 Å². The summed E-state index contributed by atoms with van der Waals surface area (Å²) in [7, 11) is 0. The van der Waals surface area contributed by atoms with Crippen LogP contribution in [0, 0.1) is 11.8 Å². The predicted octanol–water partition coefficient (Wildman–Crippen LogP) is 3.88. The normalized spacial score (nSPS) is 19.9. The molecule has 1 aliphatic heterocycles. The number of ether oxygens (including phenoxy) is 1. The van der Waals surface area contributed by atoms with Crippen molar-refractivity contribution < 1.29 is 4.74 Å². The zero-order valence-electron chi connectivity index (χ0n) is 17.5. The van der Waals surface area contributed by atoms with Crippen LogP contribution in [-0.2, 0) is 6.54 Å². The average molecular weight is 500 g/mol. The minimum Gasteiger partial charge on any atom is -0.493 e. The summed E-state index contributed by atoms with van der Waals surface area (Å²) in [6.07, 6.45) is 5.15. The third-order valence-electron chi connectivity index (χ3n) is 5.36. The van der Waals surface area contributed by atoms with E-state index >= 15 is 0 Å². The Kier molecular flexibility index (Phi) is 10.4. The highest BCUT2D eigenvalue weighted by atomic mass is 127. The molecule has 0 aromatic heterocycles. The summed E-state index contributed by atoms with van der Waals surface area (Å²) in [6, 6.07) is 8.29. The Labute approximate surface area is 187 Å². The standard InChI is InChI=1S/C22H36N4O.HI/c1-3-12-26-13-11-19(16-26)14-24-22(23-4-2)25-15-20-7-5-6-8-21(20)27-17-18-9-10-18;/h5-8,18-19H,3-4,9-17H2,1-2H3,(H2,23,24,25);1H. The van der Waals surface area contributed by atoms with E-state index in [-0.39, 0.29) is 24.0 Å². The van der Waals surface area contributed by atoms with E-state index in [9.17, 15) is 0 Å². The lowest BCUT2D eigenvalue weighted by Gasteiger charge is -2.17. The maximum absolute atomic E-state index is 6.01. The van der Waals surface area contributed by atoms with Gasteiger partial charge in [0.15, 0.2) is 5.96 Å². The molecule has 1 aromatic rings. The van der Waals surface area contributed by atoms with Crippen molar-refractivity contribution in [2.75, 3.05) is 39.3 Å². The van der Waals surface area contributed by atoms with Gasteiger partial charge in [-0.25, -0.2) is 4.99 Å². The first kappa shape index (κ1) is 23.3. The summed E-state index contributed by atoms with van der Waals surface area (Å²) >= 11 is 0. The Morgan fingerprint density at radius 3 is 2.71 bits per heavy atom.